The van der Waals surface area contributed by atoms with Crippen molar-refractivity contribution in [1.29, 1.82) is 0 Å². The standard InChI is InChI=1S/C31H42N4O/c1-20(2)29-26-18-24(6-7-27(26)34-30(29)23-8-13-33-21(3)16-23)31(4,5)28(36)17-22-10-14-35(15-11-22)25-9-12-32-19-25/h6-8,13,16,18,20,22,25,32,34H,9-12,14-15,17,19H2,1-5H3. The molecule has 5 heteroatoms. The highest BCUT2D eigenvalue weighted by Crippen LogP contribution is 2.38. The summed E-state index contributed by atoms with van der Waals surface area (Å²) in [6, 6.07) is 11.5. The number of benzene rings is 1. The molecule has 0 saturated carbocycles. The van der Waals surface area contributed by atoms with Crippen molar-refractivity contribution in [2.45, 2.75) is 77.7 Å². The Hall–Kier alpha value is -2.50. The van der Waals surface area contributed by atoms with Crippen LogP contribution in [0.2, 0.25) is 0 Å². The molecule has 2 aromatic heterocycles. The quantitative estimate of drug-likeness (QED) is 0.432. The second-order valence-electron chi connectivity index (χ2n) is 11.9. The highest BCUT2D eigenvalue weighted by Gasteiger charge is 2.34. The van der Waals surface area contributed by atoms with Gasteiger partial charge in [0, 0.05) is 52.8 Å². The van der Waals surface area contributed by atoms with Gasteiger partial charge in [-0.15, -0.1) is 0 Å². The number of aromatic amines is 1. The Labute approximate surface area is 216 Å². The van der Waals surface area contributed by atoms with E-state index in [0.29, 0.717) is 30.1 Å². The van der Waals surface area contributed by atoms with E-state index in [2.05, 4.69) is 78.2 Å². The van der Waals surface area contributed by atoms with E-state index < -0.39 is 5.41 Å². The van der Waals surface area contributed by atoms with Crippen LogP contribution in [0.25, 0.3) is 22.2 Å². The summed E-state index contributed by atoms with van der Waals surface area (Å²) in [5.41, 5.74) is 6.40. The Morgan fingerprint density at radius 2 is 1.92 bits per heavy atom. The predicted octanol–water partition coefficient (Wildman–Crippen LogP) is 5.97. The minimum atomic E-state index is -0.500. The van der Waals surface area contributed by atoms with Gasteiger partial charge in [-0.3, -0.25) is 14.7 Å². The molecule has 36 heavy (non-hydrogen) atoms. The van der Waals surface area contributed by atoms with Crippen molar-refractivity contribution in [2.24, 2.45) is 5.92 Å². The first-order valence-corrected chi connectivity index (χ1v) is 13.8. The minimum absolute atomic E-state index is 0.358. The van der Waals surface area contributed by atoms with Crippen LogP contribution in [0.15, 0.2) is 36.5 Å². The van der Waals surface area contributed by atoms with Crippen molar-refractivity contribution in [1.82, 2.24) is 20.2 Å². The van der Waals surface area contributed by atoms with Crippen LogP contribution in [0.4, 0.5) is 0 Å². The zero-order valence-electron chi connectivity index (χ0n) is 22.7. The average molecular weight is 487 g/mol. The monoisotopic (exact) mass is 486 g/mol. The van der Waals surface area contributed by atoms with Crippen LogP contribution < -0.4 is 5.32 Å². The first-order valence-electron chi connectivity index (χ1n) is 13.8. The number of carbonyl (C=O) groups is 1. The summed E-state index contributed by atoms with van der Waals surface area (Å²) in [5.74, 6) is 1.23. The van der Waals surface area contributed by atoms with Crippen LogP contribution in [-0.4, -0.2) is 52.9 Å². The number of hydrogen-bond donors (Lipinski definition) is 2. The third-order valence-electron chi connectivity index (χ3n) is 8.69. The van der Waals surface area contributed by atoms with Gasteiger partial charge in [-0.25, -0.2) is 0 Å². The molecule has 2 aliphatic heterocycles. The molecular formula is C31H42N4O. The lowest BCUT2D eigenvalue weighted by Gasteiger charge is -2.36. The number of piperidine rings is 1. The van der Waals surface area contributed by atoms with Crippen molar-refractivity contribution in [3.8, 4) is 11.3 Å². The van der Waals surface area contributed by atoms with Crippen molar-refractivity contribution in [2.75, 3.05) is 26.2 Å². The maximum absolute atomic E-state index is 13.7. The molecule has 5 rings (SSSR count). The molecule has 0 bridgehead atoms. The van der Waals surface area contributed by atoms with Crippen molar-refractivity contribution >= 4 is 16.7 Å². The topological polar surface area (TPSA) is 61.0 Å². The fourth-order valence-electron chi connectivity index (χ4n) is 6.28. The van der Waals surface area contributed by atoms with E-state index in [1.807, 2.05) is 13.1 Å². The van der Waals surface area contributed by atoms with Gasteiger partial charge in [0.25, 0.3) is 0 Å². The molecule has 2 saturated heterocycles. The number of Topliss-reactive ketones (excluding diaryl/α,β-unsaturated/α-hetero) is 1. The molecule has 2 N–H and O–H groups in total. The first kappa shape index (κ1) is 25.2. The Morgan fingerprint density at radius 1 is 1.14 bits per heavy atom. The minimum Gasteiger partial charge on any atom is -0.354 e. The van der Waals surface area contributed by atoms with Crippen molar-refractivity contribution in [3.63, 3.8) is 0 Å². The van der Waals surface area contributed by atoms with Crippen LogP contribution in [0, 0.1) is 12.8 Å². The van der Waals surface area contributed by atoms with Crippen molar-refractivity contribution in [3.05, 3.63) is 53.3 Å². The number of pyridine rings is 1. The van der Waals surface area contributed by atoms with Gasteiger partial charge in [0.15, 0.2) is 0 Å². The van der Waals surface area contributed by atoms with Gasteiger partial charge >= 0.3 is 0 Å². The largest absolute Gasteiger partial charge is 0.354 e. The Bertz CT molecular complexity index is 1230. The van der Waals surface area contributed by atoms with Gasteiger partial charge in [-0.2, -0.15) is 0 Å². The van der Waals surface area contributed by atoms with E-state index in [4.69, 9.17) is 0 Å². The molecule has 1 aromatic carbocycles. The lowest BCUT2D eigenvalue weighted by atomic mass is 9.75. The summed E-state index contributed by atoms with van der Waals surface area (Å²) in [7, 11) is 0. The number of hydrogen-bond acceptors (Lipinski definition) is 4. The van der Waals surface area contributed by atoms with Gasteiger partial charge in [-0.05, 0) is 107 Å². The van der Waals surface area contributed by atoms with E-state index in [9.17, 15) is 4.79 Å². The van der Waals surface area contributed by atoms with Gasteiger partial charge in [0.2, 0.25) is 0 Å². The SMILES string of the molecule is Cc1cc(-c2[nH]c3ccc(C(C)(C)C(=O)CC4CCN(C5CCNC5)CC4)cc3c2C(C)C)ccn1. The number of likely N-dealkylation sites (tertiary alicyclic amines) is 1. The molecule has 2 aliphatic rings. The zero-order chi connectivity index (χ0) is 25.4. The van der Waals surface area contributed by atoms with Crippen LogP contribution in [0.1, 0.15) is 76.1 Å². The highest BCUT2D eigenvalue weighted by molar-refractivity contribution is 5.95. The summed E-state index contributed by atoms with van der Waals surface area (Å²) in [4.78, 5) is 24.3. The summed E-state index contributed by atoms with van der Waals surface area (Å²) in [6.07, 6.45) is 6.11. The van der Waals surface area contributed by atoms with E-state index in [-0.39, 0.29) is 0 Å². The number of fused-ring (bicyclic) bond motifs is 1. The lowest BCUT2D eigenvalue weighted by molar-refractivity contribution is -0.124. The molecule has 2 fully saturated rings. The maximum Gasteiger partial charge on any atom is 0.143 e. The number of ketones is 1. The molecular weight excluding hydrogens is 444 g/mol. The summed E-state index contributed by atoms with van der Waals surface area (Å²) >= 11 is 0. The van der Waals surface area contributed by atoms with Crippen LogP contribution >= 0.6 is 0 Å². The third-order valence-corrected chi connectivity index (χ3v) is 8.69. The molecule has 0 spiro atoms. The molecule has 1 atom stereocenters. The number of nitrogens with zero attached hydrogens (tertiary/aromatic N) is 2. The second-order valence-corrected chi connectivity index (χ2v) is 11.9. The Balaban J connectivity index is 1.36. The molecule has 3 aromatic rings. The molecule has 0 radical (unpaired) electrons. The molecule has 0 amide bonds. The number of aryl methyl sites for hydroxylation is 1. The number of rotatable bonds is 7. The van der Waals surface area contributed by atoms with Gasteiger partial charge in [0.1, 0.15) is 5.78 Å². The van der Waals surface area contributed by atoms with Gasteiger partial charge < -0.3 is 10.3 Å². The van der Waals surface area contributed by atoms with Crippen LogP contribution in [0.3, 0.4) is 0 Å². The average Bonchev–Trinajstić information content (AvgIpc) is 3.52. The van der Waals surface area contributed by atoms with Crippen LogP contribution in [0.5, 0.6) is 0 Å². The smallest absolute Gasteiger partial charge is 0.143 e. The number of H-pyrrole nitrogens is 1. The summed E-state index contributed by atoms with van der Waals surface area (Å²) in [6.45, 7) is 15.3. The first-order chi connectivity index (χ1) is 17.2. The number of nitrogens with one attached hydrogen (secondary N) is 2. The molecule has 192 valence electrons. The van der Waals surface area contributed by atoms with E-state index in [1.54, 1.807) is 0 Å². The Kier molecular flexibility index (Phi) is 7.06. The molecule has 5 nitrogen and oxygen atoms in total. The summed E-state index contributed by atoms with van der Waals surface area (Å²) in [5, 5.41) is 4.71. The fourth-order valence-corrected chi connectivity index (χ4v) is 6.28. The van der Waals surface area contributed by atoms with Crippen molar-refractivity contribution < 1.29 is 4.79 Å². The van der Waals surface area contributed by atoms with Crippen LogP contribution in [-0.2, 0) is 10.2 Å². The van der Waals surface area contributed by atoms with Gasteiger partial charge in [-0.1, -0.05) is 19.9 Å². The molecule has 4 heterocycles. The summed E-state index contributed by atoms with van der Waals surface area (Å²) < 4.78 is 0. The maximum atomic E-state index is 13.7. The number of aromatic nitrogens is 2. The molecule has 0 aliphatic carbocycles. The lowest BCUT2D eigenvalue weighted by Crippen LogP contribution is -2.43. The predicted molar refractivity (Wildman–Crippen MR) is 149 cm³/mol. The highest BCUT2D eigenvalue weighted by atomic mass is 16.1. The zero-order valence-corrected chi connectivity index (χ0v) is 22.7. The Morgan fingerprint density at radius 3 is 2.58 bits per heavy atom. The van der Waals surface area contributed by atoms with E-state index in [0.717, 1.165) is 61.5 Å². The van der Waals surface area contributed by atoms with Gasteiger partial charge in [0.05, 0.1) is 5.69 Å². The third kappa shape index (κ3) is 4.88. The fraction of sp³-hybridized carbons (Fsp3) is 0.548. The second kappa shape index (κ2) is 10.1. The normalized spacial score (nSPS) is 20.0. The van der Waals surface area contributed by atoms with E-state index >= 15 is 0 Å². The number of carbonyl (C=O) groups excluding carboxylic acids is 1. The van der Waals surface area contributed by atoms with E-state index in [1.165, 1.54) is 22.9 Å². The molecule has 1 unspecified atom stereocenters.